The number of rotatable bonds is 5. The van der Waals surface area contributed by atoms with E-state index in [9.17, 15) is 18.4 Å². The minimum absolute atomic E-state index is 0.170. The van der Waals surface area contributed by atoms with E-state index in [0.717, 1.165) is 30.5 Å². The fraction of sp³-hybridized carbons (Fsp3) is 0.300. The molecular formula is C20H21F2N3O2. The van der Waals surface area contributed by atoms with Crippen molar-refractivity contribution in [2.24, 2.45) is 0 Å². The molecule has 2 aromatic rings. The van der Waals surface area contributed by atoms with Gasteiger partial charge in [-0.2, -0.15) is 0 Å². The highest BCUT2D eigenvalue weighted by Gasteiger charge is 2.24. The zero-order valence-corrected chi connectivity index (χ0v) is 15.1. The van der Waals surface area contributed by atoms with E-state index in [1.165, 1.54) is 6.07 Å². The highest BCUT2D eigenvalue weighted by Crippen LogP contribution is 2.22. The Balaban J connectivity index is 1.65. The van der Waals surface area contributed by atoms with Crippen LogP contribution in [0.5, 0.6) is 0 Å². The molecule has 0 aliphatic heterocycles. The van der Waals surface area contributed by atoms with Gasteiger partial charge in [0.15, 0.2) is 11.6 Å². The number of benzene rings is 2. The van der Waals surface area contributed by atoms with Gasteiger partial charge in [0.05, 0.1) is 6.04 Å². The molecule has 1 atom stereocenters. The zero-order chi connectivity index (χ0) is 19.6. The van der Waals surface area contributed by atoms with Crippen LogP contribution in [0.25, 0.3) is 0 Å². The summed E-state index contributed by atoms with van der Waals surface area (Å²) in [7, 11) is 0. The molecule has 3 N–H and O–H groups in total. The molecule has 142 valence electrons. The average molecular weight is 373 g/mol. The normalized spacial score (nSPS) is 14.4. The lowest BCUT2D eigenvalue weighted by atomic mass is 10.1. The summed E-state index contributed by atoms with van der Waals surface area (Å²) >= 11 is 0. The number of urea groups is 1. The van der Waals surface area contributed by atoms with Crippen molar-refractivity contribution in [3.8, 4) is 0 Å². The van der Waals surface area contributed by atoms with Crippen molar-refractivity contribution in [1.29, 1.82) is 0 Å². The van der Waals surface area contributed by atoms with E-state index in [0.29, 0.717) is 16.8 Å². The Hall–Kier alpha value is -2.96. The van der Waals surface area contributed by atoms with Crippen molar-refractivity contribution in [2.75, 3.05) is 5.32 Å². The van der Waals surface area contributed by atoms with Gasteiger partial charge in [0.2, 0.25) is 0 Å². The fourth-order valence-corrected chi connectivity index (χ4v) is 2.61. The third-order valence-corrected chi connectivity index (χ3v) is 4.45. The van der Waals surface area contributed by atoms with Crippen molar-refractivity contribution in [3.05, 3.63) is 64.7 Å². The molecule has 5 nitrogen and oxygen atoms in total. The van der Waals surface area contributed by atoms with E-state index < -0.39 is 23.7 Å². The third-order valence-electron chi connectivity index (χ3n) is 4.45. The Morgan fingerprint density at radius 3 is 2.48 bits per heavy atom. The Kier molecular flexibility index (Phi) is 5.39. The summed E-state index contributed by atoms with van der Waals surface area (Å²) in [5.74, 6) is -2.07. The van der Waals surface area contributed by atoms with Gasteiger partial charge in [0, 0.05) is 17.3 Å². The Bertz CT molecular complexity index is 882. The molecule has 0 spiro atoms. The van der Waals surface area contributed by atoms with Crippen LogP contribution in [0.4, 0.5) is 19.3 Å². The zero-order valence-electron chi connectivity index (χ0n) is 15.1. The van der Waals surface area contributed by atoms with Crippen molar-refractivity contribution in [1.82, 2.24) is 10.6 Å². The summed E-state index contributed by atoms with van der Waals surface area (Å²) < 4.78 is 26.4. The molecule has 1 saturated carbocycles. The maximum Gasteiger partial charge on any atom is 0.319 e. The Labute approximate surface area is 156 Å². The van der Waals surface area contributed by atoms with Gasteiger partial charge in [-0.3, -0.25) is 4.79 Å². The number of hydrogen-bond acceptors (Lipinski definition) is 2. The summed E-state index contributed by atoms with van der Waals surface area (Å²) in [4.78, 5) is 24.4. The second kappa shape index (κ2) is 7.73. The summed E-state index contributed by atoms with van der Waals surface area (Å²) in [6.45, 7) is 3.48. The van der Waals surface area contributed by atoms with Gasteiger partial charge in [-0.05, 0) is 62.1 Å². The first-order valence-electron chi connectivity index (χ1n) is 8.77. The predicted octanol–water partition coefficient (Wildman–Crippen LogP) is 4.05. The molecule has 0 bridgehead atoms. The van der Waals surface area contributed by atoms with Gasteiger partial charge in [0.25, 0.3) is 5.91 Å². The van der Waals surface area contributed by atoms with E-state index in [-0.39, 0.29) is 11.9 Å². The average Bonchev–Trinajstić information content (AvgIpc) is 3.43. The summed E-state index contributed by atoms with van der Waals surface area (Å²) in [5.41, 5.74) is 2.22. The quantitative estimate of drug-likeness (QED) is 0.740. The Morgan fingerprint density at radius 1 is 1.07 bits per heavy atom. The SMILES string of the molecule is Cc1ccc(C(=O)NC2CC2)cc1NC(=O)N[C@@H](C)c1ccc(F)c(F)c1. The van der Waals surface area contributed by atoms with E-state index in [4.69, 9.17) is 0 Å². The van der Waals surface area contributed by atoms with E-state index >= 15 is 0 Å². The molecule has 1 aliphatic carbocycles. The number of hydrogen-bond donors (Lipinski definition) is 3. The molecule has 0 heterocycles. The van der Waals surface area contributed by atoms with Crippen molar-refractivity contribution < 1.29 is 18.4 Å². The monoisotopic (exact) mass is 373 g/mol. The lowest BCUT2D eigenvalue weighted by molar-refractivity contribution is 0.0951. The molecule has 7 heteroatoms. The highest BCUT2D eigenvalue weighted by molar-refractivity contribution is 5.97. The first kappa shape index (κ1) is 18.8. The van der Waals surface area contributed by atoms with Crippen LogP contribution in [0.3, 0.4) is 0 Å². The smallest absolute Gasteiger partial charge is 0.319 e. The number of amides is 3. The predicted molar refractivity (Wildman–Crippen MR) is 98.6 cm³/mol. The topological polar surface area (TPSA) is 70.2 Å². The standard InChI is InChI=1S/C20H21F2N3O2/c1-11-3-4-14(19(26)24-15-6-7-15)10-18(11)25-20(27)23-12(2)13-5-8-16(21)17(22)9-13/h3-5,8-10,12,15H,6-7H2,1-2H3,(H,24,26)(H2,23,25,27)/t12-/m0/s1. The van der Waals surface area contributed by atoms with E-state index in [2.05, 4.69) is 16.0 Å². The molecule has 2 aromatic carbocycles. The van der Waals surface area contributed by atoms with Gasteiger partial charge >= 0.3 is 6.03 Å². The van der Waals surface area contributed by atoms with E-state index in [1.54, 1.807) is 25.1 Å². The maximum atomic E-state index is 13.4. The minimum atomic E-state index is -0.966. The summed E-state index contributed by atoms with van der Waals surface area (Å²) in [5, 5.41) is 8.27. The van der Waals surface area contributed by atoms with Crippen LogP contribution in [0.15, 0.2) is 36.4 Å². The Morgan fingerprint density at radius 2 is 1.81 bits per heavy atom. The summed E-state index contributed by atoms with van der Waals surface area (Å²) in [6, 6.07) is 7.79. The van der Waals surface area contributed by atoms with Crippen molar-refractivity contribution >= 4 is 17.6 Å². The fourth-order valence-electron chi connectivity index (χ4n) is 2.61. The number of aryl methyl sites for hydroxylation is 1. The number of anilines is 1. The van der Waals surface area contributed by atoms with Gasteiger partial charge in [-0.15, -0.1) is 0 Å². The highest BCUT2D eigenvalue weighted by atomic mass is 19.2. The van der Waals surface area contributed by atoms with Crippen molar-refractivity contribution in [2.45, 2.75) is 38.8 Å². The largest absolute Gasteiger partial charge is 0.349 e. The van der Waals surface area contributed by atoms with Crippen molar-refractivity contribution in [3.63, 3.8) is 0 Å². The molecule has 1 aliphatic rings. The van der Waals surface area contributed by atoms with Gasteiger partial charge in [-0.25, -0.2) is 13.6 Å². The van der Waals surface area contributed by atoms with Crippen LogP contribution in [-0.4, -0.2) is 18.0 Å². The van der Waals surface area contributed by atoms with Crippen LogP contribution in [-0.2, 0) is 0 Å². The number of carbonyl (C=O) groups excluding carboxylic acids is 2. The molecule has 0 aromatic heterocycles. The maximum absolute atomic E-state index is 13.4. The van der Waals surface area contributed by atoms with Crippen LogP contribution in [0, 0.1) is 18.6 Å². The molecule has 0 saturated heterocycles. The van der Waals surface area contributed by atoms with Crippen LogP contribution >= 0.6 is 0 Å². The van der Waals surface area contributed by atoms with Gasteiger partial charge in [-0.1, -0.05) is 12.1 Å². The first-order chi connectivity index (χ1) is 12.8. The molecule has 1 fully saturated rings. The number of carbonyl (C=O) groups is 2. The molecule has 0 unspecified atom stereocenters. The third kappa shape index (κ3) is 4.81. The van der Waals surface area contributed by atoms with Crippen LogP contribution < -0.4 is 16.0 Å². The lowest BCUT2D eigenvalue weighted by Crippen LogP contribution is -2.31. The number of halogens is 2. The van der Waals surface area contributed by atoms with Crippen LogP contribution in [0.2, 0.25) is 0 Å². The molecular weight excluding hydrogens is 352 g/mol. The molecule has 27 heavy (non-hydrogen) atoms. The van der Waals surface area contributed by atoms with Crippen LogP contribution in [0.1, 0.15) is 47.3 Å². The summed E-state index contributed by atoms with van der Waals surface area (Å²) in [6.07, 6.45) is 1.99. The second-order valence-electron chi connectivity index (χ2n) is 6.77. The molecule has 0 radical (unpaired) electrons. The number of nitrogens with one attached hydrogen (secondary N) is 3. The van der Waals surface area contributed by atoms with E-state index in [1.807, 2.05) is 6.92 Å². The molecule has 3 rings (SSSR count). The lowest BCUT2D eigenvalue weighted by Gasteiger charge is -2.16. The van der Waals surface area contributed by atoms with Gasteiger partial charge in [0.1, 0.15) is 0 Å². The minimum Gasteiger partial charge on any atom is -0.349 e. The van der Waals surface area contributed by atoms with Gasteiger partial charge < -0.3 is 16.0 Å². The first-order valence-corrected chi connectivity index (χ1v) is 8.77. The molecule has 3 amide bonds. The second-order valence-corrected chi connectivity index (χ2v) is 6.77.